The molecular formula is C11H8ClN4O3S-. The molecule has 0 saturated heterocycles. The lowest BCUT2D eigenvalue weighted by Gasteiger charge is -2.09. The lowest BCUT2D eigenvalue weighted by molar-refractivity contribution is -0.255. The molecule has 20 heavy (non-hydrogen) atoms. The first-order chi connectivity index (χ1) is 9.56. The first-order valence-corrected chi connectivity index (χ1v) is 6.72. The van der Waals surface area contributed by atoms with Crippen LogP contribution in [0, 0.1) is 0 Å². The summed E-state index contributed by atoms with van der Waals surface area (Å²) in [7, 11) is 0. The van der Waals surface area contributed by atoms with E-state index in [0.717, 1.165) is 0 Å². The van der Waals surface area contributed by atoms with E-state index >= 15 is 0 Å². The minimum absolute atomic E-state index is 0.0555. The van der Waals surface area contributed by atoms with Crippen LogP contribution in [-0.4, -0.2) is 33.0 Å². The molecule has 9 heteroatoms. The summed E-state index contributed by atoms with van der Waals surface area (Å²) < 4.78 is 0. The molecule has 0 saturated carbocycles. The number of aromatic amines is 1. The van der Waals surface area contributed by atoms with E-state index in [9.17, 15) is 14.7 Å². The molecule has 2 rings (SSSR count). The maximum Gasteiger partial charge on any atom is 0.234 e. The number of carboxylic acids is 1. The molecule has 0 aliphatic heterocycles. The number of aromatic carboxylic acids is 1. The van der Waals surface area contributed by atoms with Crippen molar-refractivity contribution in [1.29, 1.82) is 0 Å². The van der Waals surface area contributed by atoms with Gasteiger partial charge in [-0.1, -0.05) is 23.4 Å². The van der Waals surface area contributed by atoms with Crippen LogP contribution >= 0.6 is 23.4 Å². The number of carboxylic acid groups (broad SMARTS) is 1. The molecule has 2 N–H and O–H groups in total. The zero-order valence-corrected chi connectivity index (χ0v) is 11.5. The van der Waals surface area contributed by atoms with Gasteiger partial charge in [-0.3, -0.25) is 4.79 Å². The van der Waals surface area contributed by atoms with Crippen LogP contribution in [0.1, 0.15) is 10.4 Å². The lowest BCUT2D eigenvalue weighted by Crippen LogP contribution is -2.23. The van der Waals surface area contributed by atoms with Gasteiger partial charge in [0.1, 0.15) is 5.03 Å². The van der Waals surface area contributed by atoms with Crippen molar-refractivity contribution in [2.24, 2.45) is 0 Å². The van der Waals surface area contributed by atoms with Crippen LogP contribution in [-0.2, 0) is 4.79 Å². The monoisotopic (exact) mass is 311 g/mol. The number of anilines is 1. The Labute approximate surface area is 122 Å². The van der Waals surface area contributed by atoms with Crippen LogP contribution in [0.25, 0.3) is 0 Å². The second kappa shape index (κ2) is 6.40. The third-order valence-electron chi connectivity index (χ3n) is 2.21. The van der Waals surface area contributed by atoms with E-state index in [1.807, 2.05) is 0 Å². The van der Waals surface area contributed by atoms with Crippen LogP contribution < -0.4 is 10.4 Å². The van der Waals surface area contributed by atoms with Gasteiger partial charge >= 0.3 is 0 Å². The minimum Gasteiger partial charge on any atom is -0.545 e. The van der Waals surface area contributed by atoms with Gasteiger partial charge in [-0.2, -0.15) is 10.3 Å². The van der Waals surface area contributed by atoms with Crippen LogP contribution in [0.2, 0.25) is 5.02 Å². The highest BCUT2D eigenvalue weighted by atomic mass is 35.5. The Morgan fingerprint density at radius 1 is 1.45 bits per heavy atom. The largest absolute Gasteiger partial charge is 0.545 e. The fourth-order valence-electron chi connectivity index (χ4n) is 1.36. The molecule has 2 aromatic rings. The smallest absolute Gasteiger partial charge is 0.234 e. The Balaban J connectivity index is 1.97. The highest BCUT2D eigenvalue weighted by Crippen LogP contribution is 2.20. The second-order valence-electron chi connectivity index (χ2n) is 3.63. The number of amides is 1. The van der Waals surface area contributed by atoms with E-state index in [1.54, 1.807) is 0 Å². The number of hydrogen-bond acceptors (Lipinski definition) is 6. The first kappa shape index (κ1) is 14.4. The van der Waals surface area contributed by atoms with Crippen LogP contribution in [0.15, 0.2) is 29.4 Å². The normalized spacial score (nSPS) is 10.2. The summed E-state index contributed by atoms with van der Waals surface area (Å²) >= 11 is 6.90. The molecule has 0 aliphatic rings. The summed E-state index contributed by atoms with van der Waals surface area (Å²) in [6.07, 6.45) is 1.49. The summed E-state index contributed by atoms with van der Waals surface area (Å²) in [5.74, 6) is -1.58. The number of rotatable bonds is 5. The van der Waals surface area contributed by atoms with E-state index < -0.39 is 5.97 Å². The van der Waals surface area contributed by atoms with Crippen molar-refractivity contribution < 1.29 is 14.7 Å². The number of hydrogen-bond donors (Lipinski definition) is 2. The molecule has 7 nitrogen and oxygen atoms in total. The van der Waals surface area contributed by atoms with Gasteiger partial charge in [0.25, 0.3) is 0 Å². The Morgan fingerprint density at radius 2 is 2.25 bits per heavy atom. The van der Waals surface area contributed by atoms with Gasteiger partial charge in [0.15, 0.2) is 0 Å². The standard InChI is InChI=1S/C11H9ClN4O3S/c12-8-2-1-6(3-7(8)11(18)19)14-9(17)5-20-10-4-13-16-15-10/h1-4H,5H2,(H,14,17)(H,18,19)(H,13,15,16)/p-1. The number of H-pyrrole nitrogens is 1. The van der Waals surface area contributed by atoms with Crippen LogP contribution in [0.5, 0.6) is 0 Å². The van der Waals surface area contributed by atoms with Crippen molar-refractivity contribution >= 4 is 40.9 Å². The summed E-state index contributed by atoms with van der Waals surface area (Å²) in [4.78, 5) is 22.5. The lowest BCUT2D eigenvalue weighted by atomic mass is 10.2. The van der Waals surface area contributed by atoms with Crippen molar-refractivity contribution in [1.82, 2.24) is 15.4 Å². The molecule has 0 aliphatic carbocycles. The van der Waals surface area contributed by atoms with Gasteiger partial charge in [-0.05, 0) is 18.2 Å². The predicted molar refractivity (Wildman–Crippen MR) is 71.5 cm³/mol. The molecule has 1 aromatic carbocycles. The summed E-state index contributed by atoms with van der Waals surface area (Å²) in [6.45, 7) is 0. The first-order valence-electron chi connectivity index (χ1n) is 5.35. The number of nitrogens with zero attached hydrogens (tertiary/aromatic N) is 2. The van der Waals surface area contributed by atoms with E-state index in [-0.39, 0.29) is 22.2 Å². The summed E-state index contributed by atoms with van der Waals surface area (Å²) in [6, 6.07) is 4.14. The molecule has 104 valence electrons. The second-order valence-corrected chi connectivity index (χ2v) is 5.03. The van der Waals surface area contributed by atoms with E-state index in [1.165, 1.54) is 36.2 Å². The topological polar surface area (TPSA) is 111 Å². The van der Waals surface area contributed by atoms with Gasteiger partial charge in [0.2, 0.25) is 5.91 Å². The van der Waals surface area contributed by atoms with Gasteiger partial charge < -0.3 is 15.2 Å². The average Bonchev–Trinajstić information content (AvgIpc) is 2.91. The maximum atomic E-state index is 11.7. The molecule has 1 heterocycles. The SMILES string of the molecule is O=C(CSc1cn[nH]n1)Nc1ccc(Cl)c(C(=O)[O-])c1. The maximum absolute atomic E-state index is 11.7. The van der Waals surface area contributed by atoms with Gasteiger partial charge in [-0.25, -0.2) is 0 Å². The number of nitrogens with one attached hydrogen (secondary N) is 2. The molecule has 1 amide bonds. The van der Waals surface area contributed by atoms with Gasteiger partial charge in [0, 0.05) is 16.3 Å². The zero-order valence-electron chi connectivity index (χ0n) is 9.92. The van der Waals surface area contributed by atoms with Gasteiger partial charge in [0.05, 0.1) is 17.9 Å². The quantitative estimate of drug-likeness (QED) is 0.780. The summed E-state index contributed by atoms with van der Waals surface area (Å²) in [5.41, 5.74) is 0.160. The third-order valence-corrected chi connectivity index (χ3v) is 3.44. The van der Waals surface area contributed by atoms with Crippen molar-refractivity contribution in [2.75, 3.05) is 11.1 Å². The molecule has 0 spiro atoms. The molecule has 0 radical (unpaired) electrons. The van der Waals surface area contributed by atoms with Crippen molar-refractivity contribution in [3.05, 3.63) is 35.0 Å². The summed E-state index contributed by atoms with van der Waals surface area (Å²) in [5, 5.41) is 23.8. The third kappa shape index (κ3) is 3.72. The average molecular weight is 312 g/mol. The molecular weight excluding hydrogens is 304 g/mol. The zero-order chi connectivity index (χ0) is 14.5. The number of halogens is 1. The van der Waals surface area contributed by atoms with E-state index in [0.29, 0.717) is 10.7 Å². The van der Waals surface area contributed by atoms with Crippen molar-refractivity contribution in [3.63, 3.8) is 0 Å². The van der Waals surface area contributed by atoms with Crippen LogP contribution in [0.4, 0.5) is 5.69 Å². The molecule has 0 fully saturated rings. The molecule has 0 unspecified atom stereocenters. The highest BCUT2D eigenvalue weighted by Gasteiger charge is 2.08. The fourth-order valence-corrected chi connectivity index (χ4v) is 2.14. The highest BCUT2D eigenvalue weighted by molar-refractivity contribution is 7.99. The Morgan fingerprint density at radius 3 is 2.90 bits per heavy atom. The number of benzene rings is 1. The minimum atomic E-state index is -1.40. The van der Waals surface area contributed by atoms with E-state index in [4.69, 9.17) is 11.6 Å². The number of carbonyl (C=O) groups excluding carboxylic acids is 2. The molecule has 1 aromatic heterocycles. The fraction of sp³-hybridized carbons (Fsp3) is 0.0909. The van der Waals surface area contributed by atoms with Crippen molar-refractivity contribution in [3.8, 4) is 0 Å². The van der Waals surface area contributed by atoms with Crippen LogP contribution in [0.3, 0.4) is 0 Å². The molecule has 0 bridgehead atoms. The Kier molecular flexibility index (Phi) is 4.59. The number of aromatic nitrogens is 3. The Bertz CT molecular complexity index is 633. The van der Waals surface area contributed by atoms with Crippen molar-refractivity contribution in [2.45, 2.75) is 5.03 Å². The molecule has 0 atom stereocenters. The number of thioether (sulfide) groups is 1. The van der Waals surface area contributed by atoms with E-state index in [2.05, 4.69) is 20.7 Å². The predicted octanol–water partition coefficient (Wildman–Crippen LogP) is 0.552. The Hall–Kier alpha value is -2.06. The van der Waals surface area contributed by atoms with Gasteiger partial charge in [-0.15, -0.1) is 5.10 Å². The number of carbonyl (C=O) groups is 2.